The second kappa shape index (κ2) is 8.32. The maximum atomic E-state index is 13.2. The molecule has 0 amide bonds. The highest BCUT2D eigenvalue weighted by atomic mass is 16.5. The molecule has 0 heterocycles. The van der Waals surface area contributed by atoms with Gasteiger partial charge in [-0.1, -0.05) is 17.7 Å². The number of methoxy groups -OCH3 is 2. The van der Waals surface area contributed by atoms with Gasteiger partial charge in [0.15, 0.2) is 0 Å². The quantitative estimate of drug-likeness (QED) is 0.459. The molecule has 136 valence electrons. The van der Waals surface area contributed by atoms with E-state index in [-0.39, 0.29) is 5.78 Å². The number of carbonyl (C=O) groups is 1. The van der Waals surface area contributed by atoms with Gasteiger partial charge >= 0.3 is 0 Å². The van der Waals surface area contributed by atoms with Crippen molar-refractivity contribution < 1.29 is 14.3 Å². The van der Waals surface area contributed by atoms with Crippen molar-refractivity contribution in [1.82, 2.24) is 0 Å². The van der Waals surface area contributed by atoms with E-state index in [1.165, 1.54) is 0 Å². The Balaban J connectivity index is 2.04. The third-order valence-electron chi connectivity index (χ3n) is 4.21. The highest BCUT2D eigenvalue weighted by Gasteiger charge is 2.17. The van der Waals surface area contributed by atoms with Gasteiger partial charge < -0.3 is 9.47 Å². The van der Waals surface area contributed by atoms with E-state index in [1.807, 2.05) is 55.5 Å². The van der Waals surface area contributed by atoms with Gasteiger partial charge in [-0.25, -0.2) is 4.99 Å². The maximum Gasteiger partial charge on any atom is 0.211 e. The van der Waals surface area contributed by atoms with Gasteiger partial charge in [-0.2, -0.15) is 0 Å². The Labute approximate surface area is 159 Å². The number of nitrogens with zero attached hydrogens (tertiary/aromatic N) is 1. The average Bonchev–Trinajstić information content (AvgIpc) is 2.73. The summed E-state index contributed by atoms with van der Waals surface area (Å²) in [5.41, 5.74) is 3.54. The maximum absolute atomic E-state index is 13.2. The van der Waals surface area contributed by atoms with Gasteiger partial charge in [0.1, 0.15) is 17.2 Å². The molecule has 0 radical (unpaired) electrons. The van der Waals surface area contributed by atoms with Gasteiger partial charge in [0, 0.05) is 11.1 Å². The monoisotopic (exact) mass is 359 g/mol. The predicted octanol–water partition coefficient (Wildman–Crippen LogP) is 5.02. The SMILES string of the molecule is COc1ccc(C(=O)C(=Nc2ccc(C)cc2)c2ccc(OC)cc2)cc1. The van der Waals surface area contributed by atoms with Gasteiger partial charge in [0.05, 0.1) is 19.9 Å². The Morgan fingerprint density at radius 1 is 0.704 bits per heavy atom. The van der Waals surface area contributed by atoms with E-state index in [9.17, 15) is 4.79 Å². The van der Waals surface area contributed by atoms with E-state index in [4.69, 9.17) is 9.47 Å². The third kappa shape index (κ3) is 4.42. The zero-order valence-electron chi connectivity index (χ0n) is 15.6. The topological polar surface area (TPSA) is 47.9 Å². The fourth-order valence-corrected chi connectivity index (χ4v) is 2.62. The minimum Gasteiger partial charge on any atom is -0.497 e. The summed E-state index contributed by atoms with van der Waals surface area (Å²) in [6.07, 6.45) is 0. The van der Waals surface area contributed by atoms with E-state index in [0.29, 0.717) is 17.0 Å². The molecule has 0 N–H and O–H groups in total. The van der Waals surface area contributed by atoms with Crippen LogP contribution in [0.1, 0.15) is 21.5 Å². The molecule has 0 unspecified atom stereocenters. The fourth-order valence-electron chi connectivity index (χ4n) is 2.62. The molecule has 0 bridgehead atoms. The van der Waals surface area contributed by atoms with Crippen LogP contribution < -0.4 is 9.47 Å². The van der Waals surface area contributed by atoms with Gasteiger partial charge in [-0.05, 0) is 67.6 Å². The standard InChI is InChI=1S/C23H21NO3/c1-16-4-10-19(11-5-16)24-22(17-6-12-20(26-2)13-7-17)23(25)18-8-14-21(27-3)15-9-18/h4-15H,1-3H3. The van der Waals surface area contributed by atoms with Crippen LogP contribution in [0, 0.1) is 6.92 Å². The number of Topliss-reactive ketones (excluding diaryl/α,β-unsaturated/α-hetero) is 1. The smallest absolute Gasteiger partial charge is 0.211 e. The molecule has 0 saturated heterocycles. The predicted molar refractivity (Wildman–Crippen MR) is 108 cm³/mol. The molecule has 0 fully saturated rings. The van der Waals surface area contributed by atoms with Crippen molar-refractivity contribution in [2.24, 2.45) is 4.99 Å². The van der Waals surface area contributed by atoms with E-state index >= 15 is 0 Å². The molecular formula is C23H21NO3. The molecule has 27 heavy (non-hydrogen) atoms. The number of ether oxygens (including phenoxy) is 2. The third-order valence-corrected chi connectivity index (χ3v) is 4.21. The lowest BCUT2D eigenvalue weighted by molar-refractivity contribution is 0.106. The van der Waals surface area contributed by atoms with Gasteiger partial charge in [0.2, 0.25) is 5.78 Å². The van der Waals surface area contributed by atoms with E-state index in [0.717, 1.165) is 22.6 Å². The lowest BCUT2D eigenvalue weighted by Crippen LogP contribution is -2.15. The Bertz CT molecular complexity index is 940. The largest absolute Gasteiger partial charge is 0.497 e. The van der Waals surface area contributed by atoms with Crippen molar-refractivity contribution in [3.63, 3.8) is 0 Å². The fraction of sp³-hybridized carbons (Fsp3) is 0.130. The van der Waals surface area contributed by atoms with Crippen LogP contribution in [0.3, 0.4) is 0 Å². The first kappa shape index (κ1) is 18.4. The number of rotatable bonds is 6. The van der Waals surface area contributed by atoms with Crippen molar-refractivity contribution in [2.45, 2.75) is 6.92 Å². The van der Waals surface area contributed by atoms with Crippen molar-refractivity contribution >= 4 is 17.2 Å². The lowest BCUT2D eigenvalue weighted by Gasteiger charge is -2.09. The zero-order chi connectivity index (χ0) is 19.2. The van der Waals surface area contributed by atoms with Crippen molar-refractivity contribution in [3.05, 3.63) is 89.5 Å². The first-order chi connectivity index (χ1) is 13.1. The highest BCUT2D eigenvalue weighted by Crippen LogP contribution is 2.20. The minimum atomic E-state index is -0.150. The summed E-state index contributed by atoms with van der Waals surface area (Å²) in [4.78, 5) is 17.8. The summed E-state index contributed by atoms with van der Waals surface area (Å²) >= 11 is 0. The number of ketones is 1. The number of hydrogen-bond acceptors (Lipinski definition) is 4. The molecule has 0 saturated carbocycles. The average molecular weight is 359 g/mol. The first-order valence-corrected chi connectivity index (χ1v) is 8.59. The number of benzene rings is 3. The second-order valence-corrected chi connectivity index (χ2v) is 6.08. The first-order valence-electron chi connectivity index (χ1n) is 8.59. The number of hydrogen-bond donors (Lipinski definition) is 0. The van der Waals surface area contributed by atoms with Crippen LogP contribution in [0.5, 0.6) is 11.5 Å². The Kier molecular flexibility index (Phi) is 5.67. The number of aryl methyl sites for hydroxylation is 1. The van der Waals surface area contributed by atoms with Crippen LogP contribution in [-0.4, -0.2) is 25.7 Å². The van der Waals surface area contributed by atoms with Gasteiger partial charge in [-0.3, -0.25) is 4.79 Å². The van der Waals surface area contributed by atoms with E-state index in [2.05, 4.69) is 4.99 Å². The van der Waals surface area contributed by atoms with Crippen molar-refractivity contribution in [3.8, 4) is 11.5 Å². The number of aliphatic imine (C=N–C) groups is 1. The van der Waals surface area contributed by atoms with Gasteiger partial charge in [0.25, 0.3) is 0 Å². The van der Waals surface area contributed by atoms with Crippen LogP contribution in [0.25, 0.3) is 0 Å². The van der Waals surface area contributed by atoms with Crippen LogP contribution in [0.15, 0.2) is 77.8 Å². The molecule has 0 aromatic heterocycles. The highest BCUT2D eigenvalue weighted by molar-refractivity contribution is 6.51. The molecular weight excluding hydrogens is 338 g/mol. The van der Waals surface area contributed by atoms with Crippen molar-refractivity contribution in [2.75, 3.05) is 14.2 Å². The van der Waals surface area contributed by atoms with E-state index in [1.54, 1.807) is 38.5 Å². The molecule has 3 rings (SSSR count). The summed E-state index contributed by atoms with van der Waals surface area (Å²) in [5.74, 6) is 1.28. The van der Waals surface area contributed by atoms with Crippen LogP contribution in [0.4, 0.5) is 5.69 Å². The van der Waals surface area contributed by atoms with Crippen molar-refractivity contribution in [1.29, 1.82) is 0 Å². The molecule has 0 aliphatic rings. The molecule has 4 nitrogen and oxygen atoms in total. The van der Waals surface area contributed by atoms with Gasteiger partial charge in [-0.15, -0.1) is 0 Å². The summed E-state index contributed by atoms with van der Waals surface area (Å²) < 4.78 is 10.4. The summed E-state index contributed by atoms with van der Waals surface area (Å²) in [7, 11) is 3.21. The zero-order valence-corrected chi connectivity index (χ0v) is 15.6. The summed E-state index contributed by atoms with van der Waals surface area (Å²) in [6.45, 7) is 2.01. The van der Waals surface area contributed by atoms with Crippen LogP contribution >= 0.6 is 0 Å². The minimum absolute atomic E-state index is 0.150. The Morgan fingerprint density at radius 2 is 1.19 bits per heavy atom. The molecule has 0 aliphatic heterocycles. The Hall–Kier alpha value is -3.40. The molecule has 0 atom stereocenters. The number of carbonyl (C=O) groups excluding carboxylic acids is 1. The Morgan fingerprint density at radius 3 is 1.67 bits per heavy atom. The molecule has 0 aliphatic carbocycles. The molecule has 3 aromatic carbocycles. The summed E-state index contributed by atoms with van der Waals surface area (Å²) in [5, 5.41) is 0. The lowest BCUT2D eigenvalue weighted by atomic mass is 10.00. The molecule has 3 aromatic rings. The van der Waals surface area contributed by atoms with Crippen LogP contribution in [-0.2, 0) is 0 Å². The normalized spacial score (nSPS) is 11.1. The molecule has 0 spiro atoms. The van der Waals surface area contributed by atoms with E-state index < -0.39 is 0 Å². The van der Waals surface area contributed by atoms with Crippen LogP contribution in [0.2, 0.25) is 0 Å². The molecule has 4 heteroatoms. The summed E-state index contributed by atoms with van der Waals surface area (Å²) in [6, 6.07) is 22.1. The second-order valence-electron chi connectivity index (χ2n) is 6.08.